The SMILES string of the molecule is CCCCCCNc1ccc2c(c1)c1ccccc1n2CCCCCC. The van der Waals surface area contributed by atoms with Crippen molar-refractivity contribution in [2.75, 3.05) is 11.9 Å². The fraction of sp³-hybridized carbons (Fsp3) is 0.500. The first kappa shape index (κ1) is 18.8. The van der Waals surface area contributed by atoms with E-state index in [1.54, 1.807) is 0 Å². The molecule has 3 rings (SSSR count). The highest BCUT2D eigenvalue weighted by Gasteiger charge is 2.10. The number of benzene rings is 2. The van der Waals surface area contributed by atoms with Crippen LogP contribution in [-0.4, -0.2) is 11.1 Å². The molecule has 3 aromatic rings. The van der Waals surface area contributed by atoms with Crippen molar-refractivity contribution in [3.63, 3.8) is 0 Å². The van der Waals surface area contributed by atoms with Crippen molar-refractivity contribution in [3.05, 3.63) is 42.5 Å². The molecule has 1 aromatic heterocycles. The summed E-state index contributed by atoms with van der Waals surface area (Å²) in [7, 11) is 0. The first-order chi connectivity index (χ1) is 12.8. The summed E-state index contributed by atoms with van der Waals surface area (Å²) in [4.78, 5) is 0. The summed E-state index contributed by atoms with van der Waals surface area (Å²) in [6.07, 6.45) is 10.4. The van der Waals surface area contributed by atoms with Gasteiger partial charge in [-0.15, -0.1) is 0 Å². The first-order valence-electron chi connectivity index (χ1n) is 10.6. The molecule has 0 bridgehead atoms. The van der Waals surface area contributed by atoms with Gasteiger partial charge in [0, 0.05) is 40.6 Å². The number of hydrogen-bond donors (Lipinski definition) is 1. The lowest BCUT2D eigenvalue weighted by atomic mass is 10.1. The second kappa shape index (κ2) is 9.66. The van der Waals surface area contributed by atoms with Crippen molar-refractivity contribution in [2.45, 2.75) is 71.8 Å². The molecule has 0 aliphatic carbocycles. The molecule has 0 fully saturated rings. The quantitative estimate of drug-likeness (QED) is 0.357. The summed E-state index contributed by atoms with van der Waals surface area (Å²) in [5.74, 6) is 0. The predicted octanol–water partition coefficient (Wildman–Crippen LogP) is 7.37. The molecule has 1 N–H and O–H groups in total. The number of nitrogens with one attached hydrogen (secondary N) is 1. The second-order valence-electron chi connectivity index (χ2n) is 7.45. The van der Waals surface area contributed by atoms with E-state index in [0.29, 0.717) is 0 Å². The maximum atomic E-state index is 3.62. The highest BCUT2D eigenvalue weighted by molar-refractivity contribution is 6.09. The van der Waals surface area contributed by atoms with Crippen LogP contribution < -0.4 is 5.32 Å². The summed E-state index contributed by atoms with van der Waals surface area (Å²) < 4.78 is 2.52. The summed E-state index contributed by atoms with van der Waals surface area (Å²) in [6.45, 7) is 6.73. The number of nitrogens with zero attached hydrogens (tertiary/aromatic N) is 1. The lowest BCUT2D eigenvalue weighted by Crippen LogP contribution is -2.01. The Bertz CT molecular complexity index is 816. The van der Waals surface area contributed by atoms with E-state index >= 15 is 0 Å². The minimum Gasteiger partial charge on any atom is -0.385 e. The average Bonchev–Trinajstić information content (AvgIpc) is 2.98. The van der Waals surface area contributed by atoms with Crippen LogP contribution in [0.1, 0.15) is 65.2 Å². The molecule has 2 nitrogen and oxygen atoms in total. The van der Waals surface area contributed by atoms with Gasteiger partial charge >= 0.3 is 0 Å². The van der Waals surface area contributed by atoms with Crippen LogP contribution in [0.5, 0.6) is 0 Å². The summed E-state index contributed by atoms with van der Waals surface area (Å²) in [5.41, 5.74) is 4.00. The van der Waals surface area contributed by atoms with Gasteiger partial charge in [0.1, 0.15) is 0 Å². The second-order valence-corrected chi connectivity index (χ2v) is 7.45. The summed E-state index contributed by atoms with van der Waals surface area (Å²) in [5, 5.41) is 6.39. The van der Waals surface area contributed by atoms with Crippen LogP contribution in [0, 0.1) is 0 Å². The van der Waals surface area contributed by atoms with Gasteiger partial charge in [0.15, 0.2) is 0 Å². The van der Waals surface area contributed by atoms with E-state index < -0.39 is 0 Å². The van der Waals surface area contributed by atoms with Gasteiger partial charge in [0.05, 0.1) is 0 Å². The van der Waals surface area contributed by atoms with Crippen LogP contribution in [0.2, 0.25) is 0 Å². The van der Waals surface area contributed by atoms with Gasteiger partial charge in [0.25, 0.3) is 0 Å². The maximum Gasteiger partial charge on any atom is 0.0492 e. The van der Waals surface area contributed by atoms with Crippen molar-refractivity contribution in [1.82, 2.24) is 4.57 Å². The number of anilines is 1. The van der Waals surface area contributed by atoms with Crippen LogP contribution in [0.3, 0.4) is 0 Å². The molecule has 0 amide bonds. The van der Waals surface area contributed by atoms with Crippen molar-refractivity contribution in [3.8, 4) is 0 Å². The van der Waals surface area contributed by atoms with Crippen LogP contribution in [0.15, 0.2) is 42.5 Å². The van der Waals surface area contributed by atoms with Gasteiger partial charge < -0.3 is 9.88 Å². The van der Waals surface area contributed by atoms with E-state index in [9.17, 15) is 0 Å². The Balaban J connectivity index is 1.81. The molecule has 2 aromatic carbocycles. The Morgan fingerprint density at radius 2 is 1.46 bits per heavy atom. The normalized spacial score (nSPS) is 11.5. The number of aryl methyl sites for hydroxylation is 1. The van der Waals surface area contributed by atoms with E-state index in [4.69, 9.17) is 0 Å². The third-order valence-electron chi connectivity index (χ3n) is 5.37. The van der Waals surface area contributed by atoms with Crippen LogP contribution in [0.25, 0.3) is 21.8 Å². The van der Waals surface area contributed by atoms with E-state index in [0.717, 1.165) is 13.1 Å². The molecular formula is C24H34N2. The molecular weight excluding hydrogens is 316 g/mol. The van der Waals surface area contributed by atoms with Gasteiger partial charge in [-0.1, -0.05) is 70.6 Å². The van der Waals surface area contributed by atoms with Gasteiger partial charge in [-0.05, 0) is 37.1 Å². The zero-order valence-corrected chi connectivity index (χ0v) is 16.6. The van der Waals surface area contributed by atoms with Gasteiger partial charge in [-0.25, -0.2) is 0 Å². The molecule has 0 saturated heterocycles. The Morgan fingerprint density at radius 3 is 2.27 bits per heavy atom. The topological polar surface area (TPSA) is 17.0 Å². The maximum absolute atomic E-state index is 3.62. The summed E-state index contributed by atoms with van der Waals surface area (Å²) >= 11 is 0. The lowest BCUT2D eigenvalue weighted by Gasteiger charge is -2.09. The van der Waals surface area contributed by atoms with E-state index in [1.165, 1.54) is 78.9 Å². The number of hydrogen-bond acceptors (Lipinski definition) is 1. The van der Waals surface area contributed by atoms with E-state index in [2.05, 4.69) is 66.2 Å². The Hall–Kier alpha value is -1.96. The van der Waals surface area contributed by atoms with Gasteiger partial charge in [0.2, 0.25) is 0 Å². The minimum atomic E-state index is 1.07. The van der Waals surface area contributed by atoms with E-state index in [-0.39, 0.29) is 0 Å². The molecule has 0 radical (unpaired) electrons. The zero-order valence-electron chi connectivity index (χ0n) is 16.6. The molecule has 1 heterocycles. The van der Waals surface area contributed by atoms with Crippen molar-refractivity contribution >= 4 is 27.5 Å². The fourth-order valence-corrected chi connectivity index (χ4v) is 3.89. The molecule has 140 valence electrons. The highest BCUT2D eigenvalue weighted by Crippen LogP contribution is 2.31. The number of unbranched alkanes of at least 4 members (excludes halogenated alkanes) is 6. The zero-order chi connectivity index (χ0) is 18.2. The molecule has 2 heteroatoms. The number of aromatic nitrogens is 1. The smallest absolute Gasteiger partial charge is 0.0492 e. The van der Waals surface area contributed by atoms with Crippen LogP contribution in [-0.2, 0) is 6.54 Å². The van der Waals surface area contributed by atoms with Crippen molar-refractivity contribution in [2.24, 2.45) is 0 Å². The number of para-hydroxylation sites is 1. The molecule has 0 unspecified atom stereocenters. The monoisotopic (exact) mass is 350 g/mol. The molecule has 0 aliphatic heterocycles. The first-order valence-corrected chi connectivity index (χ1v) is 10.6. The summed E-state index contributed by atoms with van der Waals surface area (Å²) in [6, 6.07) is 15.8. The Labute approximate surface area is 158 Å². The molecule has 0 atom stereocenters. The average molecular weight is 351 g/mol. The minimum absolute atomic E-state index is 1.07. The highest BCUT2D eigenvalue weighted by atomic mass is 15.0. The standard InChI is InChI=1S/C24H34N2/c1-3-5-7-11-17-25-20-15-16-24-22(19-20)21-13-9-10-14-23(21)26(24)18-12-8-6-4-2/h9-10,13-16,19,25H,3-8,11-12,17-18H2,1-2H3. The Kier molecular flexibility index (Phi) is 6.99. The van der Waals surface area contributed by atoms with Crippen molar-refractivity contribution < 1.29 is 0 Å². The van der Waals surface area contributed by atoms with Crippen LogP contribution in [0.4, 0.5) is 5.69 Å². The molecule has 0 saturated carbocycles. The molecule has 0 spiro atoms. The van der Waals surface area contributed by atoms with E-state index in [1.807, 2.05) is 0 Å². The van der Waals surface area contributed by atoms with Gasteiger partial charge in [-0.3, -0.25) is 0 Å². The predicted molar refractivity (Wildman–Crippen MR) is 116 cm³/mol. The third-order valence-corrected chi connectivity index (χ3v) is 5.37. The van der Waals surface area contributed by atoms with Crippen molar-refractivity contribution in [1.29, 1.82) is 0 Å². The molecule has 0 aliphatic rings. The fourth-order valence-electron chi connectivity index (χ4n) is 3.89. The number of fused-ring (bicyclic) bond motifs is 3. The van der Waals surface area contributed by atoms with Gasteiger partial charge in [-0.2, -0.15) is 0 Å². The number of rotatable bonds is 11. The lowest BCUT2D eigenvalue weighted by molar-refractivity contribution is 0.602. The third kappa shape index (κ3) is 4.41. The van der Waals surface area contributed by atoms with Crippen LogP contribution >= 0.6 is 0 Å². The Morgan fingerprint density at radius 1 is 0.731 bits per heavy atom. The largest absolute Gasteiger partial charge is 0.385 e. The molecule has 26 heavy (non-hydrogen) atoms.